The Kier molecular flexibility index (Phi) is 6.19. The predicted molar refractivity (Wildman–Crippen MR) is 101 cm³/mol. The summed E-state index contributed by atoms with van der Waals surface area (Å²) in [5.41, 5.74) is 5.74. The van der Waals surface area contributed by atoms with E-state index in [1.54, 1.807) is 6.92 Å². The third-order valence-corrected chi connectivity index (χ3v) is 5.05. The van der Waals surface area contributed by atoms with Crippen LogP contribution in [0.5, 0.6) is 5.75 Å². The van der Waals surface area contributed by atoms with Crippen LogP contribution in [0.3, 0.4) is 0 Å². The lowest BCUT2D eigenvalue weighted by Crippen LogP contribution is -2.03. The van der Waals surface area contributed by atoms with Gasteiger partial charge in [0.05, 0.1) is 0 Å². The van der Waals surface area contributed by atoms with Crippen molar-refractivity contribution in [3.05, 3.63) is 58.1 Å². The van der Waals surface area contributed by atoms with Gasteiger partial charge in [-0.05, 0) is 55.2 Å². The van der Waals surface area contributed by atoms with Gasteiger partial charge in [-0.3, -0.25) is 4.79 Å². The summed E-state index contributed by atoms with van der Waals surface area (Å²) < 4.78 is 6.06. The van der Waals surface area contributed by atoms with Gasteiger partial charge in [-0.1, -0.05) is 30.0 Å². The molecule has 0 N–H and O–H groups in total. The Balaban J connectivity index is 2.29. The zero-order valence-electron chi connectivity index (χ0n) is 14.0. The van der Waals surface area contributed by atoms with E-state index in [9.17, 15) is 4.79 Å². The fourth-order valence-electron chi connectivity index (χ4n) is 2.41. The lowest BCUT2D eigenvalue weighted by molar-refractivity contribution is -0.109. The zero-order chi connectivity index (χ0) is 17.0. The van der Waals surface area contributed by atoms with E-state index in [-0.39, 0.29) is 5.12 Å². The summed E-state index contributed by atoms with van der Waals surface area (Å²) in [5, 5.41) is 0.0740. The van der Waals surface area contributed by atoms with E-state index in [0.29, 0.717) is 12.4 Å². The van der Waals surface area contributed by atoms with Gasteiger partial charge in [0.2, 0.25) is 0 Å². The second-order valence-corrected chi connectivity index (χ2v) is 7.17. The maximum absolute atomic E-state index is 11.5. The first-order chi connectivity index (χ1) is 10.9. The molecule has 122 valence electrons. The Hall–Kier alpha value is -1.39. The Morgan fingerprint density at radius 3 is 2.48 bits per heavy atom. The molecule has 0 aliphatic rings. The van der Waals surface area contributed by atoms with Gasteiger partial charge in [0.15, 0.2) is 5.12 Å². The number of ether oxygens (including phenoxy) is 1. The summed E-state index contributed by atoms with van der Waals surface area (Å²) >= 11 is 5.64. The number of carbonyl (C=O) groups is 1. The van der Waals surface area contributed by atoms with E-state index < -0.39 is 0 Å². The fraction of sp³-hybridized carbons (Fsp3) is 0.316. The molecule has 0 aliphatic carbocycles. The lowest BCUT2D eigenvalue weighted by Gasteiger charge is -2.16. The van der Waals surface area contributed by atoms with Crippen molar-refractivity contribution in [3.63, 3.8) is 0 Å². The van der Waals surface area contributed by atoms with Crippen LogP contribution in [0.1, 0.15) is 34.7 Å². The van der Waals surface area contributed by atoms with Crippen molar-refractivity contribution in [1.29, 1.82) is 0 Å². The third kappa shape index (κ3) is 4.55. The van der Waals surface area contributed by atoms with E-state index in [4.69, 9.17) is 4.74 Å². The first kappa shape index (κ1) is 18.0. The Morgan fingerprint density at radius 2 is 1.83 bits per heavy atom. The number of benzene rings is 2. The van der Waals surface area contributed by atoms with Crippen molar-refractivity contribution in [3.8, 4) is 5.75 Å². The van der Waals surface area contributed by atoms with Crippen LogP contribution >= 0.6 is 24.4 Å². The summed E-state index contributed by atoms with van der Waals surface area (Å²) in [6.45, 7) is 8.26. The quantitative estimate of drug-likeness (QED) is 0.591. The number of hydrogen-bond donors (Lipinski definition) is 1. The average Bonchev–Trinajstić information content (AvgIpc) is 2.49. The van der Waals surface area contributed by atoms with Crippen molar-refractivity contribution in [2.24, 2.45) is 0 Å². The van der Waals surface area contributed by atoms with E-state index in [2.05, 4.69) is 45.5 Å². The fourth-order valence-corrected chi connectivity index (χ4v) is 3.48. The van der Waals surface area contributed by atoms with Crippen molar-refractivity contribution in [1.82, 2.24) is 0 Å². The van der Waals surface area contributed by atoms with Crippen molar-refractivity contribution in [2.45, 2.75) is 45.0 Å². The van der Waals surface area contributed by atoms with Crippen LogP contribution in [0.15, 0.2) is 35.2 Å². The largest absolute Gasteiger partial charge is 0.489 e. The molecule has 0 spiro atoms. The number of aryl methyl sites for hydroxylation is 3. The highest BCUT2D eigenvalue weighted by Crippen LogP contribution is 2.29. The highest BCUT2D eigenvalue weighted by atomic mass is 32.2. The monoisotopic (exact) mass is 346 g/mol. The molecule has 0 fully saturated rings. The van der Waals surface area contributed by atoms with Gasteiger partial charge in [-0.25, -0.2) is 0 Å². The summed E-state index contributed by atoms with van der Waals surface area (Å²) in [6, 6.07) is 10.2. The molecular weight excluding hydrogens is 324 g/mol. The number of carbonyl (C=O) groups excluding carboxylic acids is 1. The molecule has 0 unspecified atom stereocenters. The smallest absolute Gasteiger partial charge is 0.190 e. The van der Waals surface area contributed by atoms with Crippen LogP contribution in [0.25, 0.3) is 0 Å². The molecule has 2 rings (SSSR count). The molecule has 0 aromatic heterocycles. The Morgan fingerprint density at radius 1 is 1.13 bits per heavy atom. The number of rotatable bonds is 5. The molecule has 0 heterocycles. The van der Waals surface area contributed by atoms with Crippen LogP contribution in [0, 0.1) is 20.8 Å². The molecule has 2 aromatic rings. The lowest BCUT2D eigenvalue weighted by atomic mass is 10.1. The van der Waals surface area contributed by atoms with Gasteiger partial charge in [-0.15, -0.1) is 0 Å². The van der Waals surface area contributed by atoms with Crippen LogP contribution in [0.2, 0.25) is 0 Å². The van der Waals surface area contributed by atoms with Gasteiger partial charge < -0.3 is 4.74 Å². The van der Waals surface area contributed by atoms with Crippen LogP contribution in [0.4, 0.5) is 0 Å². The third-order valence-electron chi connectivity index (χ3n) is 3.82. The van der Waals surface area contributed by atoms with Gasteiger partial charge in [0.1, 0.15) is 12.4 Å². The summed E-state index contributed by atoms with van der Waals surface area (Å²) in [6.07, 6.45) is 0. The highest BCUT2D eigenvalue weighted by molar-refractivity contribution is 8.13. The molecular formula is C19H22O2S2. The molecule has 4 heteroatoms. The summed E-state index contributed by atoms with van der Waals surface area (Å²) in [4.78, 5) is 12.4. The Labute approximate surface area is 148 Å². The molecule has 2 aromatic carbocycles. The second-order valence-electron chi connectivity index (χ2n) is 5.64. The zero-order valence-corrected chi connectivity index (χ0v) is 15.7. The summed E-state index contributed by atoms with van der Waals surface area (Å²) in [5.74, 6) is 1.51. The van der Waals surface area contributed by atoms with Crippen molar-refractivity contribution in [2.75, 3.05) is 0 Å². The van der Waals surface area contributed by atoms with Gasteiger partial charge in [-0.2, -0.15) is 12.6 Å². The summed E-state index contributed by atoms with van der Waals surface area (Å²) in [7, 11) is 0. The molecule has 0 aliphatic heterocycles. The van der Waals surface area contributed by atoms with E-state index in [0.717, 1.165) is 27.3 Å². The van der Waals surface area contributed by atoms with Gasteiger partial charge in [0, 0.05) is 23.1 Å². The van der Waals surface area contributed by atoms with E-state index in [1.807, 2.05) is 18.2 Å². The highest BCUT2D eigenvalue weighted by Gasteiger charge is 2.12. The predicted octanol–water partition coefficient (Wildman–Crippen LogP) is 5.26. The van der Waals surface area contributed by atoms with Crippen molar-refractivity contribution < 1.29 is 9.53 Å². The molecule has 2 nitrogen and oxygen atoms in total. The van der Waals surface area contributed by atoms with Crippen molar-refractivity contribution >= 4 is 29.5 Å². The normalized spacial score (nSPS) is 10.7. The maximum Gasteiger partial charge on any atom is 0.190 e. The molecule has 0 amide bonds. The van der Waals surface area contributed by atoms with E-state index >= 15 is 0 Å². The van der Waals surface area contributed by atoms with Crippen LogP contribution < -0.4 is 4.74 Å². The average molecular weight is 347 g/mol. The topological polar surface area (TPSA) is 26.3 Å². The minimum atomic E-state index is 0.0740. The molecule has 0 bridgehead atoms. The maximum atomic E-state index is 11.5. The second kappa shape index (κ2) is 7.93. The van der Waals surface area contributed by atoms with Gasteiger partial charge in [0.25, 0.3) is 0 Å². The minimum Gasteiger partial charge on any atom is -0.489 e. The number of thiol groups is 1. The van der Waals surface area contributed by atoms with E-state index in [1.165, 1.54) is 22.9 Å². The first-order valence-corrected chi connectivity index (χ1v) is 8.98. The molecule has 0 atom stereocenters. The van der Waals surface area contributed by atoms with Crippen LogP contribution in [-0.2, 0) is 17.2 Å². The Bertz CT molecular complexity index is 724. The van der Waals surface area contributed by atoms with Crippen LogP contribution in [-0.4, -0.2) is 5.12 Å². The standard InChI is InChI=1S/C19H22O2S2/c1-12-8-14(3)18(9-13(12)2)21-10-17-16(11-22)6-5-7-19(17)23-15(4)20/h5-9,22H,10-11H2,1-4H3. The molecule has 0 saturated heterocycles. The number of thioether (sulfide) groups is 1. The first-order valence-electron chi connectivity index (χ1n) is 7.53. The molecule has 23 heavy (non-hydrogen) atoms. The van der Waals surface area contributed by atoms with Gasteiger partial charge >= 0.3 is 0 Å². The molecule has 0 saturated carbocycles. The minimum absolute atomic E-state index is 0.0740. The number of hydrogen-bond acceptors (Lipinski definition) is 4. The molecule has 0 radical (unpaired) electrons. The SMILES string of the molecule is CC(=O)Sc1cccc(CS)c1COc1cc(C)c(C)cc1C.